The molecule has 6 nitrogen and oxygen atoms in total. The van der Waals surface area contributed by atoms with Gasteiger partial charge >= 0.3 is 6.03 Å². The highest BCUT2D eigenvalue weighted by Gasteiger charge is 2.08. The van der Waals surface area contributed by atoms with Crippen molar-refractivity contribution in [2.45, 2.75) is 13.5 Å². The summed E-state index contributed by atoms with van der Waals surface area (Å²) < 4.78 is 24.0. The lowest BCUT2D eigenvalue weighted by Crippen LogP contribution is -2.37. The first-order chi connectivity index (χ1) is 11.7. The van der Waals surface area contributed by atoms with Crippen molar-refractivity contribution in [2.75, 3.05) is 19.8 Å². The molecule has 0 spiro atoms. The van der Waals surface area contributed by atoms with E-state index >= 15 is 0 Å². The highest BCUT2D eigenvalue weighted by molar-refractivity contribution is 5.73. The lowest BCUT2D eigenvalue weighted by atomic mass is 10.2. The van der Waals surface area contributed by atoms with Gasteiger partial charge in [0, 0.05) is 37.5 Å². The van der Waals surface area contributed by atoms with Crippen LogP contribution >= 0.6 is 0 Å². The number of carbonyl (C=O) groups excluding carboxylic acids is 1. The van der Waals surface area contributed by atoms with Gasteiger partial charge in [0.05, 0.1) is 6.61 Å². The van der Waals surface area contributed by atoms with Crippen LogP contribution < -0.4 is 15.4 Å². The van der Waals surface area contributed by atoms with E-state index in [0.717, 1.165) is 0 Å². The van der Waals surface area contributed by atoms with Gasteiger partial charge in [-0.2, -0.15) is 0 Å². The predicted molar refractivity (Wildman–Crippen MR) is 87.4 cm³/mol. The largest absolute Gasteiger partial charge is 0.439 e. The van der Waals surface area contributed by atoms with Crippen molar-refractivity contribution in [3.8, 4) is 11.6 Å². The molecule has 0 aliphatic rings. The summed E-state index contributed by atoms with van der Waals surface area (Å²) in [4.78, 5) is 15.8. The first-order valence-corrected chi connectivity index (χ1v) is 7.65. The smallest absolute Gasteiger partial charge is 0.315 e. The Labute approximate surface area is 140 Å². The van der Waals surface area contributed by atoms with Crippen molar-refractivity contribution in [3.05, 3.63) is 54.0 Å². The molecule has 2 aromatic rings. The third-order valence-corrected chi connectivity index (χ3v) is 3.04. The Balaban J connectivity index is 1.90. The quantitative estimate of drug-likeness (QED) is 0.729. The standard InChI is InChI=1S/C17H20FN3O3/c1-2-23-10-9-20-17(22)21-12-13-5-4-8-19-16(13)24-15-7-3-6-14(18)11-15/h3-8,11H,2,9-10,12H2,1H3,(H2,20,21,22). The highest BCUT2D eigenvalue weighted by Crippen LogP contribution is 2.23. The first kappa shape index (κ1) is 17.7. The molecule has 0 aliphatic carbocycles. The van der Waals surface area contributed by atoms with Gasteiger partial charge in [-0.05, 0) is 25.1 Å². The summed E-state index contributed by atoms with van der Waals surface area (Å²) in [6.45, 7) is 3.63. The topological polar surface area (TPSA) is 72.5 Å². The van der Waals surface area contributed by atoms with Gasteiger partial charge in [-0.3, -0.25) is 0 Å². The van der Waals surface area contributed by atoms with Crippen molar-refractivity contribution in [2.24, 2.45) is 0 Å². The summed E-state index contributed by atoms with van der Waals surface area (Å²) in [6, 6.07) is 9.00. The Bertz CT molecular complexity index is 667. The minimum atomic E-state index is -0.392. The summed E-state index contributed by atoms with van der Waals surface area (Å²) in [6.07, 6.45) is 1.57. The van der Waals surface area contributed by atoms with Crippen LogP contribution in [0.4, 0.5) is 9.18 Å². The fourth-order valence-electron chi connectivity index (χ4n) is 1.91. The number of hydrogen-bond donors (Lipinski definition) is 2. The zero-order valence-corrected chi connectivity index (χ0v) is 13.4. The van der Waals surface area contributed by atoms with Gasteiger partial charge in [0.1, 0.15) is 11.6 Å². The highest BCUT2D eigenvalue weighted by atomic mass is 19.1. The summed E-state index contributed by atoms with van der Waals surface area (Å²) in [7, 11) is 0. The van der Waals surface area contributed by atoms with Crippen LogP contribution in [0.3, 0.4) is 0 Å². The van der Waals surface area contributed by atoms with Crippen LogP contribution in [0.2, 0.25) is 0 Å². The Kier molecular flexibility index (Phi) is 6.97. The molecule has 2 N–H and O–H groups in total. The van der Waals surface area contributed by atoms with E-state index in [2.05, 4.69) is 15.6 Å². The number of nitrogens with one attached hydrogen (secondary N) is 2. The van der Waals surface area contributed by atoms with Crippen LogP contribution in [0.25, 0.3) is 0 Å². The predicted octanol–water partition coefficient (Wildman–Crippen LogP) is 2.85. The molecule has 2 amide bonds. The third kappa shape index (κ3) is 5.85. The van der Waals surface area contributed by atoms with Gasteiger partial charge in [0.15, 0.2) is 0 Å². The van der Waals surface area contributed by atoms with E-state index in [9.17, 15) is 9.18 Å². The average Bonchev–Trinajstić information content (AvgIpc) is 2.58. The van der Waals surface area contributed by atoms with Gasteiger partial charge in [-0.15, -0.1) is 0 Å². The molecule has 0 unspecified atom stereocenters. The Morgan fingerprint density at radius 3 is 2.92 bits per heavy atom. The van der Waals surface area contributed by atoms with Crippen molar-refractivity contribution in [1.82, 2.24) is 15.6 Å². The molecule has 1 aromatic carbocycles. The molecular formula is C17H20FN3O3. The summed E-state index contributed by atoms with van der Waals surface area (Å²) in [5.41, 5.74) is 0.682. The number of urea groups is 1. The van der Waals surface area contributed by atoms with Gasteiger partial charge in [0.2, 0.25) is 5.88 Å². The fourth-order valence-corrected chi connectivity index (χ4v) is 1.91. The number of ether oxygens (including phenoxy) is 2. The first-order valence-electron chi connectivity index (χ1n) is 7.65. The Morgan fingerprint density at radius 1 is 1.25 bits per heavy atom. The Morgan fingerprint density at radius 2 is 2.12 bits per heavy atom. The van der Waals surface area contributed by atoms with Crippen molar-refractivity contribution in [1.29, 1.82) is 0 Å². The maximum absolute atomic E-state index is 13.2. The van der Waals surface area contributed by atoms with E-state index < -0.39 is 5.82 Å². The number of hydrogen-bond acceptors (Lipinski definition) is 4. The van der Waals surface area contributed by atoms with Crippen LogP contribution in [0.1, 0.15) is 12.5 Å². The molecule has 0 fully saturated rings. The normalized spacial score (nSPS) is 10.2. The van der Waals surface area contributed by atoms with Gasteiger partial charge < -0.3 is 20.1 Å². The lowest BCUT2D eigenvalue weighted by Gasteiger charge is -2.11. The molecule has 0 saturated carbocycles. The third-order valence-electron chi connectivity index (χ3n) is 3.04. The van der Waals surface area contributed by atoms with E-state index in [1.54, 1.807) is 30.5 Å². The molecule has 7 heteroatoms. The lowest BCUT2D eigenvalue weighted by molar-refractivity contribution is 0.149. The Hall–Kier alpha value is -2.67. The van der Waals surface area contributed by atoms with Crippen LogP contribution in [-0.4, -0.2) is 30.8 Å². The van der Waals surface area contributed by atoms with Crippen molar-refractivity contribution >= 4 is 6.03 Å². The molecule has 0 atom stereocenters. The molecule has 0 saturated heterocycles. The van der Waals surface area contributed by atoms with E-state index in [1.807, 2.05) is 6.92 Å². The number of nitrogens with zero attached hydrogens (tertiary/aromatic N) is 1. The fraction of sp³-hybridized carbons (Fsp3) is 0.294. The van der Waals surface area contributed by atoms with Crippen molar-refractivity contribution < 1.29 is 18.7 Å². The molecule has 0 aliphatic heterocycles. The molecule has 128 valence electrons. The molecule has 1 aromatic heterocycles. The zero-order chi connectivity index (χ0) is 17.2. The summed E-state index contributed by atoms with van der Waals surface area (Å²) in [5.74, 6) is 0.269. The minimum absolute atomic E-state index is 0.235. The summed E-state index contributed by atoms with van der Waals surface area (Å²) in [5, 5.41) is 5.39. The summed E-state index contributed by atoms with van der Waals surface area (Å²) >= 11 is 0. The van der Waals surface area contributed by atoms with E-state index in [4.69, 9.17) is 9.47 Å². The number of carbonyl (C=O) groups is 1. The maximum atomic E-state index is 13.2. The SMILES string of the molecule is CCOCCNC(=O)NCc1cccnc1Oc1cccc(F)c1. The molecular weight excluding hydrogens is 313 g/mol. The van der Waals surface area contributed by atoms with Crippen LogP contribution in [0.15, 0.2) is 42.6 Å². The van der Waals surface area contributed by atoms with Gasteiger partial charge in [-0.1, -0.05) is 12.1 Å². The molecule has 0 radical (unpaired) electrons. The van der Waals surface area contributed by atoms with Crippen LogP contribution in [-0.2, 0) is 11.3 Å². The van der Waals surface area contributed by atoms with Gasteiger partial charge in [-0.25, -0.2) is 14.2 Å². The second kappa shape index (κ2) is 9.46. The van der Waals surface area contributed by atoms with E-state index in [1.165, 1.54) is 12.1 Å². The van der Waals surface area contributed by atoms with Crippen molar-refractivity contribution in [3.63, 3.8) is 0 Å². The number of rotatable bonds is 8. The number of halogens is 1. The minimum Gasteiger partial charge on any atom is -0.439 e. The van der Waals surface area contributed by atoms with E-state index in [0.29, 0.717) is 37.0 Å². The molecule has 24 heavy (non-hydrogen) atoms. The number of aromatic nitrogens is 1. The van der Waals surface area contributed by atoms with E-state index in [-0.39, 0.29) is 12.6 Å². The van der Waals surface area contributed by atoms with Crippen LogP contribution in [0.5, 0.6) is 11.6 Å². The van der Waals surface area contributed by atoms with Crippen LogP contribution in [0, 0.1) is 5.82 Å². The number of amides is 2. The second-order valence-electron chi connectivity index (χ2n) is 4.83. The number of benzene rings is 1. The molecule has 1 heterocycles. The average molecular weight is 333 g/mol. The monoisotopic (exact) mass is 333 g/mol. The maximum Gasteiger partial charge on any atom is 0.315 e. The zero-order valence-electron chi connectivity index (χ0n) is 13.4. The second-order valence-corrected chi connectivity index (χ2v) is 4.83. The molecule has 0 bridgehead atoms. The van der Waals surface area contributed by atoms with Gasteiger partial charge in [0.25, 0.3) is 0 Å². The number of pyridine rings is 1. The molecule has 2 rings (SSSR count).